The molecule has 0 bridgehead atoms. The van der Waals surface area contributed by atoms with Crippen LogP contribution < -0.4 is 0 Å². The topological polar surface area (TPSA) is 42.7 Å². The lowest BCUT2D eigenvalue weighted by Crippen LogP contribution is -2.26. The first kappa shape index (κ1) is 12.1. The van der Waals surface area contributed by atoms with Gasteiger partial charge in [-0.25, -0.2) is 4.79 Å². The summed E-state index contributed by atoms with van der Waals surface area (Å²) >= 11 is 5.55. The third-order valence-electron chi connectivity index (χ3n) is 1.89. The van der Waals surface area contributed by atoms with Crippen LogP contribution in [0, 0.1) is 0 Å². The fraction of sp³-hybridized carbons (Fsp3) is 0.500. The highest BCUT2D eigenvalue weighted by Gasteiger charge is 2.09. The molecule has 15 heavy (non-hydrogen) atoms. The summed E-state index contributed by atoms with van der Waals surface area (Å²) in [7, 11) is 1.92. The van der Waals surface area contributed by atoms with Gasteiger partial charge in [0, 0.05) is 19.0 Å². The molecular formula is C10H14ClNO3. The maximum Gasteiger partial charge on any atom is 0.374 e. The number of halogens is 1. The number of hydrogen-bond acceptors (Lipinski definition) is 4. The first-order valence-electron chi connectivity index (χ1n) is 4.69. The third-order valence-corrected chi connectivity index (χ3v) is 2.06. The van der Waals surface area contributed by atoms with Crippen molar-refractivity contribution in [3.8, 4) is 0 Å². The minimum absolute atomic E-state index is 0.231. The Labute approximate surface area is 93.8 Å². The van der Waals surface area contributed by atoms with Gasteiger partial charge in [-0.3, -0.25) is 0 Å². The number of nitrogens with zero attached hydrogens (tertiary/aromatic N) is 1. The summed E-state index contributed by atoms with van der Waals surface area (Å²) in [5.74, 6) is 0.372. The molecule has 0 N–H and O–H groups in total. The summed E-state index contributed by atoms with van der Waals surface area (Å²) in [5, 5.41) is 0. The number of ether oxygens (including phenoxy) is 1. The minimum atomic E-state index is -0.431. The van der Waals surface area contributed by atoms with Gasteiger partial charge in [0.05, 0.1) is 6.26 Å². The van der Waals surface area contributed by atoms with E-state index in [1.54, 1.807) is 12.1 Å². The zero-order chi connectivity index (χ0) is 11.1. The highest BCUT2D eigenvalue weighted by molar-refractivity contribution is 6.18. The zero-order valence-electron chi connectivity index (χ0n) is 8.61. The van der Waals surface area contributed by atoms with Gasteiger partial charge in [-0.15, -0.1) is 11.6 Å². The second kappa shape index (κ2) is 6.48. The van der Waals surface area contributed by atoms with E-state index in [1.807, 2.05) is 11.9 Å². The quantitative estimate of drug-likeness (QED) is 0.551. The van der Waals surface area contributed by atoms with Crippen molar-refractivity contribution in [1.29, 1.82) is 0 Å². The molecule has 0 fully saturated rings. The standard InChI is InChI=1S/C10H14ClNO3/c1-12(5-4-11)6-8-15-10(13)9-3-2-7-14-9/h2-3,7H,4-6,8H2,1H3. The monoisotopic (exact) mass is 231 g/mol. The van der Waals surface area contributed by atoms with E-state index < -0.39 is 5.97 Å². The molecule has 1 rings (SSSR count). The summed E-state index contributed by atoms with van der Waals surface area (Å²) in [6.45, 7) is 1.78. The molecule has 0 spiro atoms. The Bertz CT molecular complexity index is 287. The molecule has 0 aliphatic carbocycles. The van der Waals surface area contributed by atoms with Crippen molar-refractivity contribution in [3.05, 3.63) is 24.2 Å². The van der Waals surface area contributed by atoms with Crippen molar-refractivity contribution in [3.63, 3.8) is 0 Å². The molecule has 0 saturated carbocycles. The van der Waals surface area contributed by atoms with Crippen LogP contribution in [0.2, 0.25) is 0 Å². The predicted molar refractivity (Wildman–Crippen MR) is 57.2 cm³/mol. The second-order valence-electron chi connectivity index (χ2n) is 3.11. The maximum absolute atomic E-state index is 11.3. The molecule has 84 valence electrons. The molecule has 0 saturated heterocycles. The van der Waals surface area contributed by atoms with E-state index >= 15 is 0 Å². The lowest BCUT2D eigenvalue weighted by atomic mass is 10.4. The van der Waals surface area contributed by atoms with Crippen LogP contribution in [-0.4, -0.2) is 43.5 Å². The average Bonchev–Trinajstić information content (AvgIpc) is 2.70. The Morgan fingerprint density at radius 2 is 2.40 bits per heavy atom. The number of esters is 1. The third kappa shape index (κ3) is 4.36. The van der Waals surface area contributed by atoms with Crippen molar-refractivity contribution < 1.29 is 13.9 Å². The van der Waals surface area contributed by atoms with Gasteiger partial charge in [0.2, 0.25) is 5.76 Å². The number of furan rings is 1. The first-order chi connectivity index (χ1) is 7.24. The van der Waals surface area contributed by atoms with Crippen LogP contribution in [0.4, 0.5) is 0 Å². The molecule has 1 heterocycles. The Morgan fingerprint density at radius 3 is 3.00 bits per heavy atom. The Morgan fingerprint density at radius 1 is 1.60 bits per heavy atom. The Balaban J connectivity index is 2.18. The maximum atomic E-state index is 11.3. The van der Waals surface area contributed by atoms with Gasteiger partial charge < -0.3 is 14.1 Å². The van der Waals surface area contributed by atoms with Gasteiger partial charge in [0.1, 0.15) is 6.61 Å². The lowest BCUT2D eigenvalue weighted by molar-refractivity contribution is 0.0439. The van der Waals surface area contributed by atoms with Crippen LogP contribution in [0.3, 0.4) is 0 Å². The summed E-state index contributed by atoms with van der Waals surface area (Å²) < 4.78 is 9.88. The van der Waals surface area contributed by atoms with Crippen molar-refractivity contribution >= 4 is 17.6 Å². The smallest absolute Gasteiger partial charge is 0.374 e. The normalized spacial score (nSPS) is 10.6. The lowest BCUT2D eigenvalue weighted by Gasteiger charge is -2.13. The summed E-state index contributed by atoms with van der Waals surface area (Å²) in [6, 6.07) is 3.22. The molecule has 0 aromatic carbocycles. The first-order valence-corrected chi connectivity index (χ1v) is 5.22. The van der Waals surface area contributed by atoms with Crippen molar-refractivity contribution in [2.75, 3.05) is 32.6 Å². The van der Waals surface area contributed by atoms with Gasteiger partial charge in [-0.2, -0.15) is 0 Å². The van der Waals surface area contributed by atoms with E-state index in [0.717, 1.165) is 6.54 Å². The molecule has 0 unspecified atom stereocenters. The molecule has 1 aromatic rings. The minimum Gasteiger partial charge on any atom is -0.458 e. The SMILES string of the molecule is CN(CCCl)CCOC(=O)c1ccco1. The van der Waals surface area contributed by atoms with Crippen molar-refractivity contribution in [1.82, 2.24) is 4.90 Å². The molecule has 4 nitrogen and oxygen atoms in total. The number of alkyl halides is 1. The molecule has 0 atom stereocenters. The highest BCUT2D eigenvalue weighted by atomic mass is 35.5. The van der Waals surface area contributed by atoms with E-state index in [0.29, 0.717) is 19.0 Å². The van der Waals surface area contributed by atoms with E-state index in [4.69, 9.17) is 20.8 Å². The van der Waals surface area contributed by atoms with Crippen LogP contribution in [0.25, 0.3) is 0 Å². The summed E-state index contributed by atoms with van der Waals surface area (Å²) in [6.07, 6.45) is 1.44. The van der Waals surface area contributed by atoms with Crippen LogP contribution in [0.15, 0.2) is 22.8 Å². The van der Waals surface area contributed by atoms with Crippen molar-refractivity contribution in [2.45, 2.75) is 0 Å². The van der Waals surface area contributed by atoms with Crippen LogP contribution in [0.5, 0.6) is 0 Å². The summed E-state index contributed by atoms with van der Waals surface area (Å²) in [5.41, 5.74) is 0. The molecular weight excluding hydrogens is 218 g/mol. The zero-order valence-corrected chi connectivity index (χ0v) is 9.37. The van der Waals surface area contributed by atoms with Gasteiger partial charge in [-0.1, -0.05) is 0 Å². The second-order valence-corrected chi connectivity index (χ2v) is 3.48. The summed E-state index contributed by atoms with van der Waals surface area (Å²) in [4.78, 5) is 13.3. The Hall–Kier alpha value is -1.00. The van der Waals surface area contributed by atoms with Gasteiger partial charge in [0.15, 0.2) is 0 Å². The van der Waals surface area contributed by atoms with E-state index in [-0.39, 0.29) is 5.76 Å². The molecule has 0 aliphatic rings. The van der Waals surface area contributed by atoms with Gasteiger partial charge in [0.25, 0.3) is 0 Å². The Kier molecular flexibility index (Phi) is 5.21. The largest absolute Gasteiger partial charge is 0.458 e. The van der Waals surface area contributed by atoms with Crippen LogP contribution in [0.1, 0.15) is 10.6 Å². The van der Waals surface area contributed by atoms with E-state index in [2.05, 4.69) is 0 Å². The number of hydrogen-bond donors (Lipinski definition) is 0. The fourth-order valence-electron chi connectivity index (χ4n) is 1.02. The molecule has 0 amide bonds. The molecule has 0 aliphatic heterocycles. The van der Waals surface area contributed by atoms with Gasteiger partial charge in [-0.05, 0) is 19.2 Å². The van der Waals surface area contributed by atoms with E-state index in [9.17, 15) is 4.79 Å². The number of carbonyl (C=O) groups excluding carboxylic acids is 1. The predicted octanol–water partition coefficient (Wildman–Crippen LogP) is 1.61. The van der Waals surface area contributed by atoms with Gasteiger partial charge >= 0.3 is 5.97 Å². The fourth-order valence-corrected chi connectivity index (χ4v) is 1.30. The highest BCUT2D eigenvalue weighted by Crippen LogP contribution is 2.01. The van der Waals surface area contributed by atoms with Crippen molar-refractivity contribution in [2.24, 2.45) is 0 Å². The van der Waals surface area contributed by atoms with Crippen LogP contribution >= 0.6 is 11.6 Å². The molecule has 5 heteroatoms. The number of rotatable bonds is 6. The van der Waals surface area contributed by atoms with E-state index in [1.165, 1.54) is 6.26 Å². The number of carbonyl (C=O) groups is 1. The number of likely N-dealkylation sites (N-methyl/N-ethyl adjacent to an activating group) is 1. The molecule has 0 radical (unpaired) electrons. The average molecular weight is 232 g/mol. The molecule has 1 aromatic heterocycles. The van der Waals surface area contributed by atoms with Crippen LogP contribution in [-0.2, 0) is 4.74 Å².